The Bertz CT molecular complexity index is 1020. The zero-order valence-corrected chi connectivity index (χ0v) is 15.6. The van der Waals surface area contributed by atoms with E-state index in [4.69, 9.17) is 0 Å². The van der Waals surface area contributed by atoms with Crippen LogP contribution in [0.15, 0.2) is 48.7 Å². The number of carbonyl (C=O) groups is 2. The van der Waals surface area contributed by atoms with E-state index in [-0.39, 0.29) is 18.2 Å². The number of rotatable bonds is 5. The number of H-pyrrole nitrogens is 1. The Morgan fingerprint density at radius 2 is 1.96 bits per heavy atom. The second-order valence-electron chi connectivity index (χ2n) is 7.18. The van der Waals surface area contributed by atoms with Gasteiger partial charge < -0.3 is 10.3 Å². The van der Waals surface area contributed by atoms with Gasteiger partial charge in [-0.2, -0.15) is 0 Å². The number of benzene rings is 2. The molecule has 0 aliphatic carbocycles. The number of anilines is 1. The Hall–Kier alpha value is -2.92. The van der Waals surface area contributed by atoms with Crippen molar-refractivity contribution in [2.24, 2.45) is 0 Å². The van der Waals surface area contributed by atoms with E-state index >= 15 is 0 Å². The molecule has 1 atom stereocenters. The summed E-state index contributed by atoms with van der Waals surface area (Å²) in [5.74, 6) is -0.303. The van der Waals surface area contributed by atoms with Gasteiger partial charge in [-0.1, -0.05) is 35.9 Å². The van der Waals surface area contributed by atoms with Crippen LogP contribution in [0.5, 0.6) is 0 Å². The van der Waals surface area contributed by atoms with E-state index in [2.05, 4.69) is 16.4 Å². The van der Waals surface area contributed by atoms with E-state index in [1.807, 2.05) is 56.4 Å². The van der Waals surface area contributed by atoms with Crippen LogP contribution in [0.4, 0.5) is 5.69 Å². The fourth-order valence-corrected chi connectivity index (χ4v) is 3.82. The third kappa shape index (κ3) is 3.26. The molecule has 1 aliphatic rings. The molecule has 2 amide bonds. The van der Waals surface area contributed by atoms with Crippen LogP contribution in [0.2, 0.25) is 0 Å². The van der Waals surface area contributed by atoms with E-state index < -0.39 is 6.04 Å². The van der Waals surface area contributed by atoms with Crippen molar-refractivity contribution >= 4 is 28.4 Å². The molecule has 0 saturated carbocycles. The monoisotopic (exact) mass is 361 g/mol. The molecule has 1 aromatic heterocycles. The third-order valence-electron chi connectivity index (χ3n) is 5.20. The van der Waals surface area contributed by atoms with Crippen molar-refractivity contribution in [3.8, 4) is 0 Å². The summed E-state index contributed by atoms with van der Waals surface area (Å²) in [6.07, 6.45) is 3.02. The number of imide groups is 1. The van der Waals surface area contributed by atoms with Gasteiger partial charge in [0.1, 0.15) is 0 Å². The van der Waals surface area contributed by atoms with E-state index in [0.717, 1.165) is 23.1 Å². The number of amides is 2. The van der Waals surface area contributed by atoms with Crippen LogP contribution in [-0.4, -0.2) is 29.4 Å². The summed E-state index contributed by atoms with van der Waals surface area (Å²) in [7, 11) is 0. The molecule has 0 spiro atoms. The minimum atomic E-state index is -0.455. The lowest BCUT2D eigenvalue weighted by molar-refractivity contribution is -0.121. The van der Waals surface area contributed by atoms with E-state index in [1.165, 1.54) is 15.8 Å². The molecule has 1 aliphatic heterocycles. The van der Waals surface area contributed by atoms with E-state index in [9.17, 15) is 9.59 Å². The summed E-state index contributed by atoms with van der Waals surface area (Å²) in [5, 5.41) is 4.47. The van der Waals surface area contributed by atoms with E-state index in [1.54, 1.807) is 0 Å². The lowest BCUT2D eigenvalue weighted by atomic mass is 10.1. The van der Waals surface area contributed by atoms with Gasteiger partial charge in [0.2, 0.25) is 5.91 Å². The molecule has 1 fully saturated rings. The zero-order valence-electron chi connectivity index (χ0n) is 15.6. The molecule has 0 bridgehead atoms. The number of aromatic amines is 1. The number of nitrogens with one attached hydrogen (secondary N) is 2. The highest BCUT2D eigenvalue weighted by Gasteiger charge is 2.39. The van der Waals surface area contributed by atoms with Gasteiger partial charge in [0.25, 0.3) is 5.91 Å². The van der Waals surface area contributed by atoms with Crippen LogP contribution in [-0.2, 0) is 16.0 Å². The zero-order chi connectivity index (χ0) is 19.0. The minimum absolute atomic E-state index is 0.142. The Balaban J connectivity index is 1.43. The average Bonchev–Trinajstić information content (AvgIpc) is 3.17. The molecular formula is C22H23N3O2. The molecule has 0 radical (unpaired) electrons. The number of carbonyl (C=O) groups excluding carboxylic acids is 2. The van der Waals surface area contributed by atoms with Crippen LogP contribution in [0.25, 0.3) is 10.9 Å². The van der Waals surface area contributed by atoms with Gasteiger partial charge in [0, 0.05) is 23.6 Å². The smallest absolute Gasteiger partial charge is 0.251 e. The van der Waals surface area contributed by atoms with Crippen LogP contribution in [0.1, 0.15) is 23.1 Å². The van der Waals surface area contributed by atoms with Crippen LogP contribution in [0.3, 0.4) is 0 Å². The SMILES string of the molecule is Cc1ccc(N2C(=O)C[C@H](NCCc3c[nH]c4ccccc34)C2=O)c(C)c1. The standard InChI is InChI=1S/C22H23N3O2/c1-14-7-8-20(15(2)11-14)25-21(26)12-19(22(25)27)23-10-9-16-13-24-18-6-4-3-5-17(16)18/h3-8,11,13,19,23-24H,9-10,12H2,1-2H3/t19-/m0/s1. The van der Waals surface area contributed by atoms with Crippen LogP contribution in [0, 0.1) is 13.8 Å². The molecule has 5 heteroatoms. The Morgan fingerprint density at radius 3 is 2.78 bits per heavy atom. The van der Waals surface area contributed by atoms with Crippen molar-refractivity contribution in [3.63, 3.8) is 0 Å². The first-order chi connectivity index (χ1) is 13.0. The van der Waals surface area contributed by atoms with Crippen molar-refractivity contribution in [1.29, 1.82) is 0 Å². The molecule has 0 unspecified atom stereocenters. The summed E-state index contributed by atoms with van der Waals surface area (Å²) in [6.45, 7) is 4.58. The quantitative estimate of drug-likeness (QED) is 0.686. The van der Waals surface area contributed by atoms with Crippen molar-refractivity contribution in [1.82, 2.24) is 10.3 Å². The summed E-state index contributed by atoms with van der Waals surface area (Å²) < 4.78 is 0. The molecule has 2 aromatic carbocycles. The lowest BCUT2D eigenvalue weighted by Crippen LogP contribution is -2.39. The molecule has 2 heterocycles. The van der Waals surface area contributed by atoms with Gasteiger partial charge in [-0.25, -0.2) is 4.90 Å². The number of fused-ring (bicyclic) bond motifs is 1. The fraction of sp³-hybridized carbons (Fsp3) is 0.273. The van der Waals surface area contributed by atoms with Gasteiger partial charge in [0.05, 0.1) is 18.2 Å². The first kappa shape index (κ1) is 17.5. The molecule has 27 heavy (non-hydrogen) atoms. The molecule has 1 saturated heterocycles. The second-order valence-corrected chi connectivity index (χ2v) is 7.18. The number of aromatic nitrogens is 1. The van der Waals surface area contributed by atoms with Gasteiger partial charge >= 0.3 is 0 Å². The second kappa shape index (κ2) is 7.00. The van der Waals surface area contributed by atoms with Gasteiger partial charge in [-0.05, 0) is 43.5 Å². The highest BCUT2D eigenvalue weighted by atomic mass is 16.2. The van der Waals surface area contributed by atoms with Crippen LogP contribution < -0.4 is 10.2 Å². The van der Waals surface area contributed by atoms with Crippen molar-refractivity contribution < 1.29 is 9.59 Å². The van der Waals surface area contributed by atoms with Gasteiger partial charge in [0.15, 0.2) is 0 Å². The summed E-state index contributed by atoms with van der Waals surface area (Å²) in [4.78, 5) is 29.9. The normalized spacial score (nSPS) is 17.3. The number of para-hydroxylation sites is 1. The molecule has 5 nitrogen and oxygen atoms in total. The predicted molar refractivity (Wildman–Crippen MR) is 107 cm³/mol. The first-order valence-electron chi connectivity index (χ1n) is 9.27. The maximum atomic E-state index is 12.8. The van der Waals surface area contributed by atoms with Gasteiger partial charge in [-0.15, -0.1) is 0 Å². The molecule has 4 rings (SSSR count). The number of hydrogen-bond acceptors (Lipinski definition) is 3. The molecule has 138 valence electrons. The van der Waals surface area contributed by atoms with Crippen molar-refractivity contribution in [2.75, 3.05) is 11.4 Å². The highest BCUT2D eigenvalue weighted by Crippen LogP contribution is 2.27. The number of aryl methyl sites for hydroxylation is 2. The molecular weight excluding hydrogens is 338 g/mol. The molecule has 2 N–H and O–H groups in total. The topological polar surface area (TPSA) is 65.2 Å². The molecule has 3 aromatic rings. The summed E-state index contributed by atoms with van der Waals surface area (Å²) >= 11 is 0. The largest absolute Gasteiger partial charge is 0.361 e. The third-order valence-corrected chi connectivity index (χ3v) is 5.20. The van der Waals surface area contributed by atoms with Gasteiger partial charge in [-0.3, -0.25) is 9.59 Å². The van der Waals surface area contributed by atoms with Crippen molar-refractivity contribution in [2.45, 2.75) is 32.7 Å². The maximum absolute atomic E-state index is 12.8. The van der Waals surface area contributed by atoms with E-state index in [0.29, 0.717) is 12.2 Å². The minimum Gasteiger partial charge on any atom is -0.361 e. The average molecular weight is 361 g/mol. The summed E-state index contributed by atoms with van der Waals surface area (Å²) in [6, 6.07) is 13.5. The first-order valence-corrected chi connectivity index (χ1v) is 9.27. The lowest BCUT2D eigenvalue weighted by Gasteiger charge is -2.18. The fourth-order valence-electron chi connectivity index (χ4n) is 3.82. The Labute approximate surface area is 158 Å². The van der Waals surface area contributed by atoms with Crippen LogP contribution >= 0.6 is 0 Å². The predicted octanol–water partition coefficient (Wildman–Crippen LogP) is 3.25. The number of nitrogens with zero attached hydrogens (tertiary/aromatic N) is 1. The highest BCUT2D eigenvalue weighted by molar-refractivity contribution is 6.22. The Morgan fingerprint density at radius 1 is 1.15 bits per heavy atom. The number of hydrogen-bond donors (Lipinski definition) is 2. The Kier molecular flexibility index (Phi) is 4.54. The maximum Gasteiger partial charge on any atom is 0.251 e. The van der Waals surface area contributed by atoms with Crippen molar-refractivity contribution in [3.05, 3.63) is 65.4 Å². The summed E-state index contributed by atoms with van der Waals surface area (Å²) in [5.41, 5.74) is 5.07.